The summed E-state index contributed by atoms with van der Waals surface area (Å²) < 4.78 is 11.1. The molecule has 0 spiro atoms. The van der Waals surface area contributed by atoms with Crippen molar-refractivity contribution in [2.75, 3.05) is 7.11 Å². The highest BCUT2D eigenvalue weighted by Crippen LogP contribution is 2.33. The molecule has 0 saturated carbocycles. The molecule has 1 atom stereocenters. The second kappa shape index (κ2) is 5.50. The maximum Gasteiger partial charge on any atom is 0.332 e. The first-order valence-corrected chi connectivity index (χ1v) is 7.11. The highest BCUT2D eigenvalue weighted by molar-refractivity contribution is 7.81. The van der Waals surface area contributed by atoms with Gasteiger partial charge in [0.25, 0.3) is 0 Å². The van der Waals surface area contributed by atoms with E-state index in [2.05, 4.69) is 22.9 Å². The molecule has 0 amide bonds. The van der Waals surface area contributed by atoms with Crippen LogP contribution >= 0.6 is 12.6 Å². The first-order valence-electron chi connectivity index (χ1n) is 6.66. The summed E-state index contributed by atoms with van der Waals surface area (Å²) in [7, 11) is 3.46. The number of fused-ring (bicyclic) bond motifs is 1. The van der Waals surface area contributed by atoms with E-state index in [0.717, 1.165) is 16.7 Å². The Labute approximate surface area is 127 Å². The first-order chi connectivity index (χ1) is 9.26. The summed E-state index contributed by atoms with van der Waals surface area (Å²) >= 11 is 4.60. The number of nitrogens with one attached hydrogen (secondary N) is 2. The van der Waals surface area contributed by atoms with Gasteiger partial charge in [0.05, 0.1) is 11.3 Å². The van der Waals surface area contributed by atoms with Crippen molar-refractivity contribution in [3.63, 3.8) is 0 Å². The monoisotopic (exact) mass is 293 g/mol. The second-order valence-electron chi connectivity index (χ2n) is 5.99. The van der Waals surface area contributed by atoms with E-state index < -0.39 is 0 Å². The Bertz CT molecular complexity index is 506. The van der Waals surface area contributed by atoms with Gasteiger partial charge < -0.3 is 19.7 Å². The third kappa shape index (κ3) is 2.92. The van der Waals surface area contributed by atoms with Gasteiger partial charge in [0.15, 0.2) is 6.23 Å². The van der Waals surface area contributed by atoms with E-state index in [0.29, 0.717) is 0 Å². The molecule has 4 nitrogen and oxygen atoms in total. The fraction of sp³-hybridized carbons (Fsp3) is 0.571. The lowest BCUT2D eigenvalue weighted by molar-refractivity contribution is 0.0800. The largest absolute Gasteiger partial charge is 0.428 e. The highest BCUT2D eigenvalue weighted by atomic mass is 32.1. The van der Waals surface area contributed by atoms with Gasteiger partial charge in [-0.15, -0.1) is 0 Å². The molecule has 0 fully saturated rings. The van der Waals surface area contributed by atoms with Crippen LogP contribution in [0.25, 0.3) is 5.47 Å². The third-order valence-corrected chi connectivity index (χ3v) is 4.47. The van der Waals surface area contributed by atoms with E-state index in [4.69, 9.17) is 9.39 Å². The predicted molar refractivity (Wildman–Crippen MR) is 85.6 cm³/mol. The molecule has 1 radical (unpaired) electrons. The Morgan fingerprint density at radius 2 is 2.00 bits per heavy atom. The van der Waals surface area contributed by atoms with Gasteiger partial charge in [0.1, 0.15) is 0 Å². The lowest BCUT2D eigenvalue weighted by atomic mass is 9.79. The van der Waals surface area contributed by atoms with Crippen LogP contribution in [-0.2, 0) is 9.39 Å². The van der Waals surface area contributed by atoms with E-state index in [1.807, 2.05) is 46.2 Å². The Balaban J connectivity index is 2.11. The van der Waals surface area contributed by atoms with Crippen LogP contribution in [0.4, 0.5) is 0 Å². The fourth-order valence-corrected chi connectivity index (χ4v) is 1.87. The minimum absolute atomic E-state index is 0.147. The average molecular weight is 293 g/mol. The second-order valence-corrected chi connectivity index (χ2v) is 7.11. The Morgan fingerprint density at radius 1 is 1.30 bits per heavy atom. The zero-order valence-electron chi connectivity index (χ0n) is 12.7. The predicted octanol–water partition coefficient (Wildman–Crippen LogP) is 2.68. The Kier molecular flexibility index (Phi) is 4.28. The van der Waals surface area contributed by atoms with E-state index in [1.54, 1.807) is 14.6 Å². The molecular weight excluding hydrogens is 271 g/mol. The molecule has 0 aliphatic carbocycles. The molecule has 0 bridgehead atoms. The van der Waals surface area contributed by atoms with E-state index in [9.17, 15) is 0 Å². The number of ether oxygens (including phenoxy) is 1. The van der Waals surface area contributed by atoms with Crippen LogP contribution in [0, 0.1) is 0 Å². The van der Waals surface area contributed by atoms with Crippen molar-refractivity contribution < 1.29 is 9.39 Å². The Morgan fingerprint density at radius 3 is 2.60 bits per heavy atom. The number of aromatic amines is 1. The van der Waals surface area contributed by atoms with Gasteiger partial charge in [-0.2, -0.15) is 12.6 Å². The minimum atomic E-state index is -0.383. The van der Waals surface area contributed by atoms with Crippen molar-refractivity contribution in [2.45, 2.75) is 44.3 Å². The van der Waals surface area contributed by atoms with Crippen LogP contribution in [0.5, 0.6) is 0 Å². The summed E-state index contributed by atoms with van der Waals surface area (Å²) in [4.78, 5) is 3.20. The average Bonchev–Trinajstić information content (AvgIpc) is 2.83. The standard InChI is InChI=1S/C14H22BN2O2S/c1-13(2,14(3,4)20)19-15-10-8-17-12(18-5)11-9(10)6-7-16-11/h6-8,12,16-17,20H,1-5H3. The number of hydrogen-bond donors (Lipinski definition) is 3. The molecule has 1 aromatic heterocycles. The van der Waals surface area contributed by atoms with Gasteiger partial charge in [-0.05, 0) is 51.0 Å². The third-order valence-electron chi connectivity index (χ3n) is 3.93. The quantitative estimate of drug-likeness (QED) is 0.578. The lowest BCUT2D eigenvalue weighted by Crippen LogP contribution is -2.44. The maximum absolute atomic E-state index is 5.96. The summed E-state index contributed by atoms with van der Waals surface area (Å²) in [6.45, 7) is 8.15. The van der Waals surface area contributed by atoms with Gasteiger partial charge in [-0.1, -0.05) is 0 Å². The fourth-order valence-electron chi connectivity index (χ4n) is 1.82. The van der Waals surface area contributed by atoms with Gasteiger partial charge in [0, 0.05) is 18.1 Å². The number of rotatable bonds is 5. The Hall–Kier alpha value is -0.845. The topological polar surface area (TPSA) is 46.3 Å². The molecule has 0 aromatic carbocycles. The maximum atomic E-state index is 5.96. The van der Waals surface area contributed by atoms with E-state index >= 15 is 0 Å². The molecule has 1 unspecified atom stereocenters. The summed E-state index contributed by atoms with van der Waals surface area (Å²) in [5, 5.41) is 3.19. The number of methoxy groups -OCH3 is 1. The lowest BCUT2D eigenvalue weighted by Gasteiger charge is -2.38. The molecule has 6 heteroatoms. The van der Waals surface area contributed by atoms with Crippen molar-refractivity contribution in [1.29, 1.82) is 0 Å². The summed E-state index contributed by atoms with van der Waals surface area (Å²) in [6.07, 6.45) is 3.66. The van der Waals surface area contributed by atoms with Gasteiger partial charge in [-0.3, -0.25) is 0 Å². The van der Waals surface area contributed by atoms with Crippen LogP contribution < -0.4 is 5.32 Å². The molecule has 20 heavy (non-hydrogen) atoms. The zero-order valence-corrected chi connectivity index (χ0v) is 13.5. The SMILES string of the molecule is COC1NC=C([B]OC(C)(C)C(C)(C)S)c2cc[nH]c21. The zero-order chi connectivity index (χ0) is 15.0. The normalized spacial score (nSPS) is 19.1. The molecule has 2 N–H and O–H groups in total. The summed E-state index contributed by atoms with van der Waals surface area (Å²) in [5.41, 5.74) is 2.70. The van der Waals surface area contributed by atoms with Crippen molar-refractivity contribution >= 4 is 25.6 Å². The molecule has 1 aliphatic rings. The van der Waals surface area contributed by atoms with Crippen LogP contribution in [-0.4, -0.2) is 29.9 Å². The van der Waals surface area contributed by atoms with Gasteiger partial charge in [-0.25, -0.2) is 0 Å². The molecule has 2 heterocycles. The number of H-pyrrole nitrogens is 1. The van der Waals surface area contributed by atoms with Gasteiger partial charge >= 0.3 is 7.48 Å². The van der Waals surface area contributed by atoms with Crippen molar-refractivity contribution in [2.24, 2.45) is 0 Å². The number of thiol groups is 1. The summed E-state index contributed by atoms with van der Waals surface area (Å²) in [6, 6.07) is 2.02. The molecular formula is C14H22BN2O2S. The molecule has 1 aliphatic heterocycles. The van der Waals surface area contributed by atoms with E-state index in [1.165, 1.54) is 0 Å². The van der Waals surface area contributed by atoms with Crippen molar-refractivity contribution in [3.05, 3.63) is 29.7 Å². The number of aromatic nitrogens is 1. The van der Waals surface area contributed by atoms with Crippen LogP contribution in [0.2, 0.25) is 0 Å². The molecule has 1 aromatic rings. The highest BCUT2D eigenvalue weighted by Gasteiger charge is 2.35. The molecule has 109 valence electrons. The number of hydrogen-bond acceptors (Lipinski definition) is 4. The van der Waals surface area contributed by atoms with Crippen molar-refractivity contribution in [3.8, 4) is 0 Å². The van der Waals surface area contributed by atoms with Crippen LogP contribution in [0.15, 0.2) is 18.5 Å². The van der Waals surface area contributed by atoms with Crippen LogP contribution in [0.1, 0.15) is 45.2 Å². The van der Waals surface area contributed by atoms with E-state index in [-0.39, 0.29) is 16.6 Å². The minimum Gasteiger partial charge on any atom is -0.428 e. The smallest absolute Gasteiger partial charge is 0.332 e. The van der Waals surface area contributed by atoms with Gasteiger partial charge in [0.2, 0.25) is 0 Å². The molecule has 0 saturated heterocycles. The summed E-state index contributed by atoms with van der Waals surface area (Å²) in [5.74, 6) is 0. The van der Waals surface area contributed by atoms with Crippen molar-refractivity contribution in [1.82, 2.24) is 10.3 Å². The molecule has 2 rings (SSSR count). The first kappa shape index (κ1) is 15.5. The van der Waals surface area contributed by atoms with Crippen LogP contribution in [0.3, 0.4) is 0 Å².